The molecule has 1 aliphatic rings. The van der Waals surface area contributed by atoms with Crippen LogP contribution >= 0.6 is 0 Å². The summed E-state index contributed by atoms with van der Waals surface area (Å²) in [6, 6.07) is 31.9. The smallest absolute Gasteiger partial charge is 0.126 e. The molecule has 1 nitrogen and oxygen atoms in total. The number of rotatable bonds is 4. The standard InChI is InChI=1S/C33H24F3N/c1-33(2)28-10-5-3-9-27(28)32-29(33)11-7-13-31(32)37(25-16-14-22(34)15-17-25)30-12-6-4-8-26(30)21-18-23(35)20-24(36)19-21/h3-20H,1-2H3. The first-order chi connectivity index (χ1) is 17.8. The summed E-state index contributed by atoms with van der Waals surface area (Å²) in [5.41, 5.74) is 7.91. The van der Waals surface area contributed by atoms with Gasteiger partial charge in [-0.05, 0) is 70.8 Å². The Bertz CT molecular complexity index is 1620. The third kappa shape index (κ3) is 3.80. The topological polar surface area (TPSA) is 3.24 Å². The molecule has 0 saturated heterocycles. The molecule has 0 bridgehead atoms. The average molecular weight is 492 g/mol. The summed E-state index contributed by atoms with van der Waals surface area (Å²) in [5, 5.41) is 0. The maximum atomic E-state index is 14.3. The molecule has 6 rings (SSSR count). The fourth-order valence-corrected chi connectivity index (χ4v) is 5.54. The number of hydrogen-bond donors (Lipinski definition) is 0. The Kier molecular flexibility index (Phi) is 5.41. The summed E-state index contributed by atoms with van der Waals surface area (Å²) in [6.07, 6.45) is 0. The molecule has 0 fully saturated rings. The van der Waals surface area contributed by atoms with Crippen LogP contribution in [-0.2, 0) is 5.41 Å². The maximum Gasteiger partial charge on any atom is 0.126 e. The van der Waals surface area contributed by atoms with E-state index in [1.807, 2.05) is 42.5 Å². The van der Waals surface area contributed by atoms with Crippen molar-refractivity contribution >= 4 is 17.1 Å². The molecule has 0 heterocycles. The van der Waals surface area contributed by atoms with Crippen LogP contribution in [0, 0.1) is 17.5 Å². The highest BCUT2D eigenvalue weighted by Gasteiger charge is 2.37. The molecular formula is C33H24F3N. The summed E-state index contributed by atoms with van der Waals surface area (Å²) in [7, 11) is 0. The van der Waals surface area contributed by atoms with E-state index >= 15 is 0 Å². The summed E-state index contributed by atoms with van der Waals surface area (Å²) >= 11 is 0. The SMILES string of the molecule is CC1(C)c2ccccc2-c2c(N(c3ccc(F)cc3)c3ccccc3-c3cc(F)cc(F)c3)cccc21. The minimum Gasteiger partial charge on any atom is -0.309 e. The van der Waals surface area contributed by atoms with Gasteiger partial charge in [-0.3, -0.25) is 0 Å². The zero-order valence-electron chi connectivity index (χ0n) is 20.5. The monoisotopic (exact) mass is 491 g/mol. The molecule has 4 heteroatoms. The van der Waals surface area contributed by atoms with Gasteiger partial charge in [0.1, 0.15) is 17.5 Å². The second kappa shape index (κ2) is 8.67. The van der Waals surface area contributed by atoms with Crippen molar-refractivity contribution in [2.24, 2.45) is 0 Å². The first-order valence-corrected chi connectivity index (χ1v) is 12.2. The molecule has 0 aromatic heterocycles. The van der Waals surface area contributed by atoms with E-state index in [2.05, 4.69) is 43.0 Å². The van der Waals surface area contributed by atoms with E-state index in [1.54, 1.807) is 12.1 Å². The quantitative estimate of drug-likeness (QED) is 0.242. The zero-order valence-corrected chi connectivity index (χ0v) is 20.5. The fourth-order valence-electron chi connectivity index (χ4n) is 5.54. The summed E-state index contributed by atoms with van der Waals surface area (Å²) in [4.78, 5) is 2.05. The molecule has 0 radical (unpaired) electrons. The van der Waals surface area contributed by atoms with E-state index in [0.29, 0.717) is 11.1 Å². The van der Waals surface area contributed by atoms with Crippen LogP contribution in [-0.4, -0.2) is 0 Å². The van der Waals surface area contributed by atoms with Crippen LogP contribution in [0.3, 0.4) is 0 Å². The lowest BCUT2D eigenvalue weighted by Gasteiger charge is -2.30. The predicted molar refractivity (Wildman–Crippen MR) is 144 cm³/mol. The second-order valence-corrected chi connectivity index (χ2v) is 9.86. The van der Waals surface area contributed by atoms with Gasteiger partial charge in [-0.25, -0.2) is 13.2 Å². The lowest BCUT2D eigenvalue weighted by atomic mass is 9.82. The van der Waals surface area contributed by atoms with Gasteiger partial charge in [-0.15, -0.1) is 0 Å². The summed E-state index contributed by atoms with van der Waals surface area (Å²) < 4.78 is 42.5. The lowest BCUT2D eigenvalue weighted by Crippen LogP contribution is -2.16. The van der Waals surface area contributed by atoms with E-state index in [4.69, 9.17) is 0 Å². The molecule has 0 saturated carbocycles. The van der Waals surface area contributed by atoms with Crippen LogP contribution in [0.25, 0.3) is 22.3 Å². The molecule has 37 heavy (non-hydrogen) atoms. The van der Waals surface area contributed by atoms with E-state index in [0.717, 1.165) is 34.3 Å². The molecule has 1 aliphatic carbocycles. The number of anilines is 3. The van der Waals surface area contributed by atoms with Crippen LogP contribution in [0.2, 0.25) is 0 Å². The Balaban J connectivity index is 1.66. The Labute approximate surface area is 214 Å². The third-order valence-corrected chi connectivity index (χ3v) is 7.23. The second-order valence-electron chi connectivity index (χ2n) is 9.86. The van der Waals surface area contributed by atoms with Crippen molar-refractivity contribution in [3.05, 3.63) is 138 Å². The van der Waals surface area contributed by atoms with Crippen LogP contribution in [0.4, 0.5) is 30.2 Å². The van der Waals surface area contributed by atoms with Crippen LogP contribution in [0.15, 0.2) is 109 Å². The van der Waals surface area contributed by atoms with Gasteiger partial charge in [0.25, 0.3) is 0 Å². The molecule has 5 aromatic rings. The Morgan fingerprint density at radius 2 is 1.14 bits per heavy atom. The third-order valence-electron chi connectivity index (χ3n) is 7.23. The van der Waals surface area contributed by atoms with Crippen molar-refractivity contribution in [1.82, 2.24) is 0 Å². The number of para-hydroxylation sites is 1. The largest absolute Gasteiger partial charge is 0.309 e. The molecule has 0 spiro atoms. The summed E-state index contributed by atoms with van der Waals surface area (Å²) in [5.74, 6) is -1.63. The molecular weight excluding hydrogens is 467 g/mol. The maximum absolute atomic E-state index is 14.3. The Morgan fingerprint density at radius 1 is 0.541 bits per heavy atom. The van der Waals surface area contributed by atoms with Gasteiger partial charge < -0.3 is 4.90 Å². The van der Waals surface area contributed by atoms with Crippen molar-refractivity contribution in [1.29, 1.82) is 0 Å². The molecule has 182 valence electrons. The minimum absolute atomic E-state index is 0.207. The lowest BCUT2D eigenvalue weighted by molar-refractivity contribution is 0.584. The van der Waals surface area contributed by atoms with Gasteiger partial charge in [-0.1, -0.05) is 68.4 Å². The summed E-state index contributed by atoms with van der Waals surface area (Å²) in [6.45, 7) is 4.43. The number of benzene rings is 5. The van der Waals surface area contributed by atoms with Gasteiger partial charge in [0.05, 0.1) is 11.4 Å². The Hall–Kier alpha value is -4.31. The van der Waals surface area contributed by atoms with E-state index in [9.17, 15) is 13.2 Å². The normalized spacial score (nSPS) is 13.2. The molecule has 0 unspecified atom stereocenters. The van der Waals surface area contributed by atoms with E-state index in [1.165, 1.54) is 35.4 Å². The molecule has 0 atom stereocenters. The molecule has 0 N–H and O–H groups in total. The first-order valence-electron chi connectivity index (χ1n) is 12.2. The van der Waals surface area contributed by atoms with Crippen LogP contribution < -0.4 is 4.90 Å². The number of hydrogen-bond acceptors (Lipinski definition) is 1. The van der Waals surface area contributed by atoms with Gasteiger partial charge >= 0.3 is 0 Å². The number of fused-ring (bicyclic) bond motifs is 3. The Morgan fingerprint density at radius 3 is 1.86 bits per heavy atom. The zero-order chi connectivity index (χ0) is 25.7. The van der Waals surface area contributed by atoms with Crippen molar-refractivity contribution in [2.75, 3.05) is 4.90 Å². The minimum atomic E-state index is -0.644. The van der Waals surface area contributed by atoms with Crippen molar-refractivity contribution in [2.45, 2.75) is 19.3 Å². The van der Waals surface area contributed by atoms with E-state index < -0.39 is 11.6 Å². The van der Waals surface area contributed by atoms with Gasteiger partial charge in [0.2, 0.25) is 0 Å². The highest BCUT2D eigenvalue weighted by molar-refractivity contribution is 5.97. The van der Waals surface area contributed by atoms with Crippen molar-refractivity contribution in [3.63, 3.8) is 0 Å². The first kappa shape index (κ1) is 23.1. The van der Waals surface area contributed by atoms with Crippen molar-refractivity contribution in [3.8, 4) is 22.3 Å². The van der Waals surface area contributed by atoms with Gasteiger partial charge in [-0.2, -0.15) is 0 Å². The van der Waals surface area contributed by atoms with E-state index in [-0.39, 0.29) is 11.2 Å². The van der Waals surface area contributed by atoms with Gasteiger partial charge in [0, 0.05) is 28.3 Å². The van der Waals surface area contributed by atoms with Gasteiger partial charge in [0.15, 0.2) is 0 Å². The highest BCUT2D eigenvalue weighted by Crippen LogP contribution is 2.54. The average Bonchev–Trinajstić information content (AvgIpc) is 3.13. The number of halogens is 3. The molecule has 5 aromatic carbocycles. The predicted octanol–water partition coefficient (Wildman–Crippen LogP) is 9.55. The highest BCUT2D eigenvalue weighted by atomic mass is 19.1. The van der Waals surface area contributed by atoms with Crippen LogP contribution in [0.1, 0.15) is 25.0 Å². The fraction of sp³-hybridized carbons (Fsp3) is 0.0909. The molecule has 0 amide bonds. The van der Waals surface area contributed by atoms with Crippen LogP contribution in [0.5, 0.6) is 0 Å². The van der Waals surface area contributed by atoms with Crippen molar-refractivity contribution < 1.29 is 13.2 Å². The molecule has 0 aliphatic heterocycles. The number of nitrogens with zero attached hydrogens (tertiary/aromatic N) is 1.